The summed E-state index contributed by atoms with van der Waals surface area (Å²) in [6.45, 7) is 1.05. The molecule has 0 spiro atoms. The van der Waals surface area contributed by atoms with Crippen LogP contribution in [0.5, 0.6) is 0 Å². The standard InChI is InChI=1S/C24H19ClN4O4S/c25-20-9-8-19(34-20)24(32)27-13-17-3-1-2-16(12-26)22(17)28-23(31)15-4-6-18(7-5-15)29-10-11-33-14-21(29)30/h1-9H,10-11,13-14H2,(H,27,32)(H,28,31). The molecule has 172 valence electrons. The normalized spacial score (nSPS) is 13.3. The number of nitrogens with one attached hydrogen (secondary N) is 2. The van der Waals surface area contributed by atoms with Gasteiger partial charge in [-0.3, -0.25) is 14.4 Å². The Morgan fingerprint density at radius 1 is 1.12 bits per heavy atom. The fraction of sp³-hybridized carbons (Fsp3) is 0.167. The van der Waals surface area contributed by atoms with Gasteiger partial charge in [-0.1, -0.05) is 23.7 Å². The summed E-state index contributed by atoms with van der Waals surface area (Å²) in [5, 5.41) is 15.1. The van der Waals surface area contributed by atoms with Crippen molar-refractivity contribution in [2.45, 2.75) is 6.54 Å². The summed E-state index contributed by atoms with van der Waals surface area (Å²) < 4.78 is 5.65. The molecule has 1 saturated heterocycles. The molecule has 1 aromatic heterocycles. The smallest absolute Gasteiger partial charge is 0.261 e. The van der Waals surface area contributed by atoms with Gasteiger partial charge in [0, 0.05) is 24.3 Å². The Balaban J connectivity index is 1.49. The number of thiophene rings is 1. The fourth-order valence-electron chi connectivity index (χ4n) is 3.46. The first-order valence-corrected chi connectivity index (χ1v) is 11.5. The van der Waals surface area contributed by atoms with E-state index in [0.717, 1.165) is 11.3 Å². The number of amides is 3. The zero-order valence-corrected chi connectivity index (χ0v) is 19.4. The van der Waals surface area contributed by atoms with Crippen LogP contribution >= 0.6 is 22.9 Å². The number of anilines is 2. The molecule has 8 nitrogen and oxygen atoms in total. The molecule has 2 heterocycles. The number of nitrogens with zero attached hydrogens (tertiary/aromatic N) is 2. The van der Waals surface area contributed by atoms with Gasteiger partial charge in [-0.15, -0.1) is 11.3 Å². The lowest BCUT2D eigenvalue weighted by atomic mass is 10.1. The summed E-state index contributed by atoms with van der Waals surface area (Å²) in [4.78, 5) is 39.4. The monoisotopic (exact) mass is 494 g/mol. The number of morpholine rings is 1. The highest BCUT2D eigenvalue weighted by Crippen LogP contribution is 2.24. The van der Waals surface area contributed by atoms with E-state index >= 15 is 0 Å². The van der Waals surface area contributed by atoms with Gasteiger partial charge in [-0.05, 0) is 48.0 Å². The summed E-state index contributed by atoms with van der Waals surface area (Å²) in [6, 6.07) is 17.0. The third kappa shape index (κ3) is 5.26. The molecule has 2 N–H and O–H groups in total. The quantitative estimate of drug-likeness (QED) is 0.541. The Labute approximate surface area is 204 Å². The van der Waals surface area contributed by atoms with E-state index in [2.05, 4.69) is 16.7 Å². The third-order valence-corrected chi connectivity index (χ3v) is 6.40. The van der Waals surface area contributed by atoms with E-state index in [9.17, 15) is 19.6 Å². The van der Waals surface area contributed by atoms with E-state index in [1.807, 2.05) is 0 Å². The molecule has 4 rings (SSSR count). The topological polar surface area (TPSA) is 112 Å². The predicted molar refractivity (Wildman–Crippen MR) is 129 cm³/mol. The van der Waals surface area contributed by atoms with Gasteiger partial charge in [0.1, 0.15) is 12.7 Å². The molecule has 2 aromatic carbocycles. The minimum atomic E-state index is -0.417. The maximum atomic E-state index is 12.9. The first-order chi connectivity index (χ1) is 16.5. The van der Waals surface area contributed by atoms with Crippen molar-refractivity contribution >= 4 is 52.0 Å². The molecule has 0 saturated carbocycles. The number of carbonyl (C=O) groups is 3. The number of benzene rings is 2. The molecule has 0 aliphatic carbocycles. The van der Waals surface area contributed by atoms with Crippen molar-refractivity contribution in [2.24, 2.45) is 0 Å². The van der Waals surface area contributed by atoms with Crippen molar-refractivity contribution in [2.75, 3.05) is 30.0 Å². The van der Waals surface area contributed by atoms with E-state index in [-0.39, 0.29) is 30.5 Å². The summed E-state index contributed by atoms with van der Waals surface area (Å²) in [6.07, 6.45) is 0. The maximum Gasteiger partial charge on any atom is 0.261 e. The largest absolute Gasteiger partial charge is 0.370 e. The molecular formula is C24H19ClN4O4S. The Morgan fingerprint density at radius 2 is 1.91 bits per heavy atom. The van der Waals surface area contributed by atoms with Gasteiger partial charge < -0.3 is 20.3 Å². The summed E-state index contributed by atoms with van der Waals surface area (Å²) in [5.41, 5.74) is 2.22. The Bertz CT molecular complexity index is 1280. The Kier molecular flexibility index (Phi) is 7.23. The lowest BCUT2D eigenvalue weighted by Gasteiger charge is -2.26. The highest BCUT2D eigenvalue weighted by Gasteiger charge is 2.21. The minimum absolute atomic E-state index is 0.0337. The summed E-state index contributed by atoms with van der Waals surface area (Å²) in [5.74, 6) is -0.854. The van der Waals surface area contributed by atoms with Crippen molar-refractivity contribution < 1.29 is 19.1 Å². The molecule has 1 aliphatic rings. The van der Waals surface area contributed by atoms with Crippen LogP contribution in [-0.2, 0) is 16.1 Å². The second kappa shape index (κ2) is 10.5. The van der Waals surface area contributed by atoms with Crippen LogP contribution in [0.4, 0.5) is 11.4 Å². The van der Waals surface area contributed by atoms with Gasteiger partial charge in [0.2, 0.25) is 0 Å². The molecule has 3 aromatic rings. The van der Waals surface area contributed by atoms with Crippen LogP contribution in [0, 0.1) is 11.3 Å². The van der Waals surface area contributed by atoms with Crippen LogP contribution < -0.4 is 15.5 Å². The SMILES string of the molecule is N#Cc1cccc(CNC(=O)c2ccc(Cl)s2)c1NC(=O)c1ccc(N2CCOCC2=O)cc1. The third-order valence-electron chi connectivity index (χ3n) is 5.17. The molecule has 0 unspecified atom stereocenters. The van der Waals surface area contributed by atoms with Gasteiger partial charge in [0.05, 0.1) is 27.1 Å². The van der Waals surface area contributed by atoms with Crippen molar-refractivity contribution in [3.05, 3.63) is 80.5 Å². The molecule has 0 atom stereocenters. The first-order valence-electron chi connectivity index (χ1n) is 10.3. The summed E-state index contributed by atoms with van der Waals surface area (Å²) in [7, 11) is 0. The van der Waals surface area contributed by atoms with Crippen molar-refractivity contribution in [3.8, 4) is 6.07 Å². The maximum absolute atomic E-state index is 12.9. The van der Waals surface area contributed by atoms with E-state index in [1.54, 1.807) is 59.5 Å². The van der Waals surface area contributed by atoms with Crippen LogP contribution in [-0.4, -0.2) is 37.5 Å². The zero-order chi connectivity index (χ0) is 24.1. The van der Waals surface area contributed by atoms with Gasteiger partial charge in [0.15, 0.2) is 0 Å². The number of carbonyl (C=O) groups excluding carboxylic acids is 3. The lowest BCUT2D eigenvalue weighted by molar-refractivity contribution is -0.125. The average Bonchev–Trinajstić information content (AvgIpc) is 3.30. The molecule has 1 fully saturated rings. The predicted octanol–water partition coefficient (Wildman–Crippen LogP) is 3.82. The van der Waals surface area contributed by atoms with Crippen LogP contribution in [0.2, 0.25) is 4.34 Å². The highest BCUT2D eigenvalue weighted by atomic mass is 35.5. The molecular weight excluding hydrogens is 476 g/mol. The van der Waals surface area contributed by atoms with Gasteiger partial charge in [-0.2, -0.15) is 5.26 Å². The van der Waals surface area contributed by atoms with Crippen molar-refractivity contribution in [1.82, 2.24) is 5.32 Å². The second-order valence-corrected chi connectivity index (χ2v) is 9.05. The Morgan fingerprint density at radius 3 is 2.59 bits per heavy atom. The van der Waals surface area contributed by atoms with Crippen LogP contribution in [0.3, 0.4) is 0 Å². The van der Waals surface area contributed by atoms with Crippen LogP contribution in [0.1, 0.15) is 31.2 Å². The number of hydrogen-bond acceptors (Lipinski definition) is 6. The van der Waals surface area contributed by atoms with E-state index in [4.69, 9.17) is 16.3 Å². The van der Waals surface area contributed by atoms with Gasteiger partial charge in [0.25, 0.3) is 17.7 Å². The molecule has 3 amide bonds. The number of nitriles is 1. The number of hydrogen-bond donors (Lipinski definition) is 2. The molecule has 34 heavy (non-hydrogen) atoms. The van der Waals surface area contributed by atoms with Crippen LogP contribution in [0.15, 0.2) is 54.6 Å². The van der Waals surface area contributed by atoms with E-state index < -0.39 is 5.91 Å². The minimum Gasteiger partial charge on any atom is -0.370 e. The highest BCUT2D eigenvalue weighted by molar-refractivity contribution is 7.18. The number of ether oxygens (including phenoxy) is 1. The Hall–Kier alpha value is -3.71. The van der Waals surface area contributed by atoms with Gasteiger partial charge >= 0.3 is 0 Å². The molecule has 0 radical (unpaired) electrons. The van der Waals surface area contributed by atoms with Crippen LogP contribution in [0.25, 0.3) is 0 Å². The summed E-state index contributed by atoms with van der Waals surface area (Å²) >= 11 is 7.06. The van der Waals surface area contributed by atoms with Crippen molar-refractivity contribution in [3.63, 3.8) is 0 Å². The first kappa shape index (κ1) is 23.4. The number of rotatable bonds is 6. The molecule has 0 bridgehead atoms. The fourth-order valence-corrected chi connectivity index (χ4v) is 4.42. The molecule has 1 aliphatic heterocycles. The molecule has 10 heteroatoms. The second-order valence-electron chi connectivity index (χ2n) is 7.34. The number of halogens is 1. The lowest BCUT2D eigenvalue weighted by Crippen LogP contribution is -2.41. The van der Waals surface area contributed by atoms with E-state index in [1.165, 1.54) is 0 Å². The van der Waals surface area contributed by atoms with Crippen molar-refractivity contribution in [1.29, 1.82) is 5.26 Å². The average molecular weight is 495 g/mol. The van der Waals surface area contributed by atoms with E-state index in [0.29, 0.717) is 44.9 Å². The zero-order valence-electron chi connectivity index (χ0n) is 17.8. The number of para-hydroxylation sites is 1. The van der Waals surface area contributed by atoms with Gasteiger partial charge in [-0.25, -0.2) is 0 Å².